The number of hydrogen-bond donors (Lipinski definition) is 2. The molecule has 4 nitrogen and oxygen atoms in total. The highest BCUT2D eigenvalue weighted by Crippen LogP contribution is 2.41. The van der Waals surface area contributed by atoms with E-state index >= 15 is 0 Å². The molecule has 6 heteroatoms. The minimum Gasteiger partial charge on any atom is -0.460 e. The van der Waals surface area contributed by atoms with Crippen molar-refractivity contribution in [2.45, 2.75) is 69.6 Å². The van der Waals surface area contributed by atoms with Gasteiger partial charge in [-0.1, -0.05) is 26.8 Å². The van der Waals surface area contributed by atoms with E-state index in [-0.39, 0.29) is 11.5 Å². The summed E-state index contributed by atoms with van der Waals surface area (Å²) in [6, 6.07) is 8.02. The number of hydrogen-bond acceptors (Lipinski definition) is 6. The van der Waals surface area contributed by atoms with Crippen LogP contribution in [0.15, 0.2) is 29.6 Å². The minimum atomic E-state index is -1.73. The van der Waals surface area contributed by atoms with Gasteiger partial charge in [0.25, 0.3) is 0 Å². The molecule has 148 valence electrons. The van der Waals surface area contributed by atoms with Crippen LogP contribution in [-0.2, 0) is 20.5 Å². The van der Waals surface area contributed by atoms with Crippen LogP contribution in [0.2, 0.25) is 0 Å². The highest BCUT2D eigenvalue weighted by Gasteiger charge is 2.45. The van der Waals surface area contributed by atoms with Crippen molar-refractivity contribution in [1.29, 1.82) is 0 Å². The summed E-state index contributed by atoms with van der Waals surface area (Å²) in [5.74, 6) is -0.555. The smallest absolute Gasteiger partial charge is 0.349 e. The standard InChI is InChI=1S/C21H29NO3S2/c1-20(2,3)16-11-12-18(27-16)21(24,17-6-5-13-26-17)19(23)25-15-9-7-14(22-4)8-10-15/h5-6,11-15,22,24H,7-10H2,1-4H3. The van der Waals surface area contributed by atoms with Gasteiger partial charge in [0.15, 0.2) is 0 Å². The molecule has 2 heterocycles. The second kappa shape index (κ2) is 8.03. The highest BCUT2D eigenvalue weighted by atomic mass is 32.1. The Balaban J connectivity index is 1.85. The van der Waals surface area contributed by atoms with Crippen molar-refractivity contribution >= 4 is 28.6 Å². The molecule has 0 bridgehead atoms. The summed E-state index contributed by atoms with van der Waals surface area (Å²) in [7, 11) is 1.97. The van der Waals surface area contributed by atoms with Crippen molar-refractivity contribution < 1.29 is 14.6 Å². The van der Waals surface area contributed by atoms with Crippen molar-refractivity contribution in [3.8, 4) is 0 Å². The number of thiophene rings is 2. The topological polar surface area (TPSA) is 58.6 Å². The van der Waals surface area contributed by atoms with Gasteiger partial charge >= 0.3 is 5.97 Å². The van der Waals surface area contributed by atoms with E-state index in [1.165, 1.54) is 22.7 Å². The lowest BCUT2D eigenvalue weighted by Crippen LogP contribution is -2.41. The molecule has 3 rings (SSSR count). The third-order valence-corrected chi connectivity index (χ3v) is 7.83. The average molecular weight is 408 g/mol. The van der Waals surface area contributed by atoms with Gasteiger partial charge in [-0.05, 0) is 61.7 Å². The Morgan fingerprint density at radius 2 is 1.78 bits per heavy atom. The number of nitrogens with one attached hydrogen (secondary N) is 1. The van der Waals surface area contributed by atoms with Crippen molar-refractivity contribution in [3.63, 3.8) is 0 Å². The Morgan fingerprint density at radius 3 is 2.30 bits per heavy atom. The third kappa shape index (κ3) is 4.29. The van der Waals surface area contributed by atoms with E-state index in [4.69, 9.17) is 4.74 Å². The van der Waals surface area contributed by atoms with Crippen LogP contribution in [0.5, 0.6) is 0 Å². The van der Waals surface area contributed by atoms with Gasteiger partial charge in [0.1, 0.15) is 6.10 Å². The lowest BCUT2D eigenvalue weighted by Gasteiger charge is -2.31. The normalized spacial score (nSPS) is 23.0. The van der Waals surface area contributed by atoms with Crippen LogP contribution in [0.25, 0.3) is 0 Å². The molecular weight excluding hydrogens is 378 g/mol. The summed E-state index contributed by atoms with van der Waals surface area (Å²) in [5.41, 5.74) is -1.77. The molecular formula is C21H29NO3S2. The first-order valence-electron chi connectivity index (χ1n) is 9.50. The van der Waals surface area contributed by atoms with Gasteiger partial charge in [-0.25, -0.2) is 4.79 Å². The Hall–Kier alpha value is -1.21. The summed E-state index contributed by atoms with van der Waals surface area (Å²) >= 11 is 2.87. The van der Waals surface area contributed by atoms with E-state index in [0.717, 1.165) is 30.6 Å². The first-order valence-corrected chi connectivity index (χ1v) is 11.2. The number of aliphatic hydroxyl groups is 1. The molecule has 2 aromatic heterocycles. The molecule has 1 atom stereocenters. The van der Waals surface area contributed by atoms with Gasteiger partial charge in [-0.15, -0.1) is 22.7 Å². The fourth-order valence-corrected chi connectivity index (χ4v) is 5.49. The van der Waals surface area contributed by atoms with Gasteiger partial charge in [-0.3, -0.25) is 0 Å². The number of rotatable bonds is 5. The van der Waals surface area contributed by atoms with Gasteiger partial charge in [0, 0.05) is 10.9 Å². The minimum absolute atomic E-state index is 0.0330. The molecule has 0 aromatic carbocycles. The molecule has 2 aromatic rings. The summed E-state index contributed by atoms with van der Waals surface area (Å²) in [6.07, 6.45) is 3.50. The zero-order valence-electron chi connectivity index (χ0n) is 16.5. The maximum Gasteiger partial charge on any atom is 0.349 e. The monoisotopic (exact) mass is 407 g/mol. The number of ether oxygens (including phenoxy) is 1. The zero-order valence-corrected chi connectivity index (χ0v) is 18.1. The fraction of sp³-hybridized carbons (Fsp3) is 0.571. The van der Waals surface area contributed by atoms with Crippen LogP contribution in [0.3, 0.4) is 0 Å². The SMILES string of the molecule is CNC1CCC(OC(=O)C(O)(c2cccs2)c2ccc(C(C)(C)C)s2)CC1. The molecule has 27 heavy (non-hydrogen) atoms. The van der Waals surface area contributed by atoms with Crippen LogP contribution in [0.4, 0.5) is 0 Å². The van der Waals surface area contributed by atoms with Crippen LogP contribution in [0, 0.1) is 0 Å². The lowest BCUT2D eigenvalue weighted by atomic mass is 9.92. The second-order valence-corrected chi connectivity index (χ2v) is 10.3. The molecule has 1 saturated carbocycles. The zero-order chi connectivity index (χ0) is 19.7. The second-order valence-electron chi connectivity index (χ2n) is 8.27. The van der Waals surface area contributed by atoms with Gasteiger partial charge in [0.2, 0.25) is 5.60 Å². The van der Waals surface area contributed by atoms with Crippen molar-refractivity contribution in [2.24, 2.45) is 0 Å². The Bertz CT molecular complexity index is 755. The lowest BCUT2D eigenvalue weighted by molar-refractivity contribution is -0.169. The summed E-state index contributed by atoms with van der Waals surface area (Å²) < 4.78 is 5.82. The maximum atomic E-state index is 13.2. The van der Waals surface area contributed by atoms with Crippen LogP contribution in [0.1, 0.15) is 61.1 Å². The van der Waals surface area contributed by atoms with E-state index in [2.05, 4.69) is 26.1 Å². The molecule has 1 aliphatic rings. The largest absolute Gasteiger partial charge is 0.460 e. The number of carbonyl (C=O) groups excluding carboxylic acids is 1. The summed E-state index contributed by atoms with van der Waals surface area (Å²) in [4.78, 5) is 15.5. The molecule has 2 N–H and O–H groups in total. The Morgan fingerprint density at radius 1 is 1.11 bits per heavy atom. The molecule has 0 spiro atoms. The Labute approximate surface area is 169 Å². The Kier molecular flexibility index (Phi) is 6.11. The summed E-state index contributed by atoms with van der Waals surface area (Å²) in [5, 5.41) is 16.7. The molecule has 1 aliphatic carbocycles. The number of esters is 1. The van der Waals surface area contributed by atoms with Crippen LogP contribution < -0.4 is 5.32 Å². The molecule has 0 amide bonds. The van der Waals surface area contributed by atoms with Crippen LogP contribution >= 0.6 is 22.7 Å². The van der Waals surface area contributed by atoms with Gasteiger partial charge in [-0.2, -0.15) is 0 Å². The van der Waals surface area contributed by atoms with Gasteiger partial charge < -0.3 is 15.2 Å². The quantitative estimate of drug-likeness (QED) is 0.721. The van der Waals surface area contributed by atoms with E-state index in [1.54, 1.807) is 6.07 Å². The molecule has 0 saturated heterocycles. The average Bonchev–Trinajstić information content (AvgIpc) is 3.33. The molecule has 1 fully saturated rings. The predicted octanol–water partition coefficient (Wildman–Crippen LogP) is 4.42. The molecule has 1 unspecified atom stereocenters. The van der Waals surface area contributed by atoms with Gasteiger partial charge in [0.05, 0.1) is 9.75 Å². The van der Waals surface area contributed by atoms with Crippen LogP contribution in [-0.4, -0.2) is 30.3 Å². The van der Waals surface area contributed by atoms with E-state index < -0.39 is 11.6 Å². The van der Waals surface area contributed by atoms with E-state index in [0.29, 0.717) is 15.8 Å². The predicted molar refractivity (Wildman–Crippen MR) is 112 cm³/mol. The fourth-order valence-electron chi connectivity index (χ4n) is 3.45. The van der Waals surface area contributed by atoms with Crippen molar-refractivity contribution in [2.75, 3.05) is 7.05 Å². The van der Waals surface area contributed by atoms with E-state index in [9.17, 15) is 9.90 Å². The first-order chi connectivity index (χ1) is 12.7. The third-order valence-electron chi connectivity index (χ3n) is 5.23. The van der Waals surface area contributed by atoms with E-state index in [1.807, 2.05) is 30.6 Å². The first kappa shape index (κ1) is 20.5. The molecule has 0 aliphatic heterocycles. The van der Waals surface area contributed by atoms with Crippen molar-refractivity contribution in [3.05, 3.63) is 44.3 Å². The summed E-state index contributed by atoms with van der Waals surface area (Å²) in [6.45, 7) is 6.39. The molecule has 0 radical (unpaired) electrons. The number of carbonyl (C=O) groups is 1. The highest BCUT2D eigenvalue weighted by molar-refractivity contribution is 7.13. The van der Waals surface area contributed by atoms with Crippen molar-refractivity contribution in [1.82, 2.24) is 5.32 Å². The maximum absolute atomic E-state index is 13.2.